The first-order valence-electron chi connectivity index (χ1n) is 8.64. The number of carbonyl (C=O) groups is 2. The van der Waals surface area contributed by atoms with Crippen molar-refractivity contribution in [3.8, 4) is 0 Å². The van der Waals surface area contributed by atoms with Crippen LogP contribution in [0.1, 0.15) is 33.6 Å². The summed E-state index contributed by atoms with van der Waals surface area (Å²) in [5, 5.41) is 14.3. The lowest BCUT2D eigenvalue weighted by Gasteiger charge is -2.12. The number of aromatic carboxylic acids is 1. The third-order valence-corrected chi connectivity index (χ3v) is 5.88. The first kappa shape index (κ1) is 17.4. The van der Waals surface area contributed by atoms with Crippen LogP contribution in [0.15, 0.2) is 35.4 Å². The topological polar surface area (TPSA) is 104 Å². The standard InChI is InChI=1S/C19H17N3O4S/c23-15(21-13-7-3-1-5-11(13)19(25)26)9-22-10-20-17-16(18(22)24)12-6-2-4-8-14(12)27-17/h1,3,5,7,10H,2,4,6,8-9H2,(H,21,23)(H,25,26)/p-1. The van der Waals surface area contributed by atoms with Gasteiger partial charge in [-0.05, 0) is 37.3 Å². The number of para-hydroxylation sites is 1. The Morgan fingerprint density at radius 1 is 1.22 bits per heavy atom. The molecule has 8 heteroatoms. The van der Waals surface area contributed by atoms with Crippen molar-refractivity contribution in [1.82, 2.24) is 9.55 Å². The molecule has 2 heterocycles. The molecule has 4 rings (SSSR count). The lowest BCUT2D eigenvalue weighted by Crippen LogP contribution is -2.29. The molecule has 0 aliphatic heterocycles. The van der Waals surface area contributed by atoms with E-state index < -0.39 is 11.9 Å². The van der Waals surface area contributed by atoms with Gasteiger partial charge in [0.15, 0.2) is 0 Å². The molecule has 0 bridgehead atoms. The molecule has 0 unspecified atom stereocenters. The SMILES string of the molecule is O=C(Cn1cnc2sc3c(c2c1=O)CCCC3)Nc1ccccc1C(=O)[O-]. The molecule has 1 aromatic carbocycles. The first-order valence-corrected chi connectivity index (χ1v) is 9.46. The van der Waals surface area contributed by atoms with Crippen molar-refractivity contribution in [2.24, 2.45) is 0 Å². The highest BCUT2D eigenvalue weighted by Gasteiger charge is 2.20. The highest BCUT2D eigenvalue weighted by atomic mass is 32.1. The lowest BCUT2D eigenvalue weighted by atomic mass is 9.97. The molecule has 0 saturated heterocycles. The largest absolute Gasteiger partial charge is 0.545 e. The van der Waals surface area contributed by atoms with Crippen molar-refractivity contribution in [3.63, 3.8) is 0 Å². The number of thiophene rings is 1. The molecule has 1 aliphatic rings. The van der Waals surface area contributed by atoms with Gasteiger partial charge in [-0.2, -0.15) is 0 Å². The van der Waals surface area contributed by atoms with Gasteiger partial charge >= 0.3 is 0 Å². The van der Waals surface area contributed by atoms with Gasteiger partial charge in [-0.15, -0.1) is 11.3 Å². The number of nitrogens with one attached hydrogen (secondary N) is 1. The summed E-state index contributed by atoms with van der Waals surface area (Å²) in [6.45, 7) is -0.242. The minimum Gasteiger partial charge on any atom is -0.545 e. The molecule has 0 spiro atoms. The second kappa shape index (κ2) is 6.96. The molecule has 0 atom stereocenters. The number of aromatic nitrogens is 2. The van der Waals surface area contributed by atoms with Gasteiger partial charge in [0.25, 0.3) is 5.56 Å². The zero-order valence-electron chi connectivity index (χ0n) is 14.4. The van der Waals surface area contributed by atoms with E-state index in [1.807, 2.05) is 0 Å². The molecule has 27 heavy (non-hydrogen) atoms. The number of hydrogen-bond acceptors (Lipinski definition) is 6. The molecule has 0 radical (unpaired) electrons. The van der Waals surface area contributed by atoms with Crippen molar-refractivity contribution >= 4 is 39.1 Å². The fourth-order valence-corrected chi connectivity index (χ4v) is 4.63. The summed E-state index contributed by atoms with van der Waals surface area (Å²) < 4.78 is 1.26. The van der Waals surface area contributed by atoms with Gasteiger partial charge < -0.3 is 15.2 Å². The zero-order chi connectivity index (χ0) is 19.0. The Labute approximate surface area is 158 Å². The summed E-state index contributed by atoms with van der Waals surface area (Å²) in [7, 11) is 0. The normalized spacial score (nSPS) is 13.3. The predicted molar refractivity (Wildman–Crippen MR) is 99.9 cm³/mol. The first-order chi connectivity index (χ1) is 13.0. The maximum absolute atomic E-state index is 12.9. The third-order valence-electron chi connectivity index (χ3n) is 4.68. The Morgan fingerprint density at radius 2 is 2.00 bits per heavy atom. The molecule has 2 aromatic heterocycles. The Bertz CT molecular complexity index is 1120. The number of rotatable bonds is 4. The van der Waals surface area contributed by atoms with E-state index in [9.17, 15) is 19.5 Å². The summed E-state index contributed by atoms with van der Waals surface area (Å²) in [6, 6.07) is 5.98. The summed E-state index contributed by atoms with van der Waals surface area (Å²) in [5.41, 5.74) is 0.856. The van der Waals surface area contributed by atoms with E-state index >= 15 is 0 Å². The minimum absolute atomic E-state index is 0.112. The van der Waals surface area contributed by atoms with Crippen molar-refractivity contribution in [1.29, 1.82) is 0 Å². The second-order valence-electron chi connectivity index (χ2n) is 6.45. The van der Waals surface area contributed by atoms with E-state index in [0.717, 1.165) is 31.2 Å². The van der Waals surface area contributed by atoms with E-state index in [4.69, 9.17) is 0 Å². The monoisotopic (exact) mass is 382 g/mol. The molecular formula is C19H16N3O4S-. The molecule has 0 fully saturated rings. The van der Waals surface area contributed by atoms with Crippen LogP contribution in [0.2, 0.25) is 0 Å². The van der Waals surface area contributed by atoms with Crippen molar-refractivity contribution in [2.75, 3.05) is 5.32 Å². The number of carbonyl (C=O) groups excluding carboxylic acids is 2. The highest BCUT2D eigenvalue weighted by molar-refractivity contribution is 7.18. The second-order valence-corrected chi connectivity index (χ2v) is 7.53. The van der Waals surface area contributed by atoms with Gasteiger partial charge in [-0.25, -0.2) is 4.98 Å². The Morgan fingerprint density at radius 3 is 2.81 bits per heavy atom. The van der Waals surface area contributed by atoms with Crippen LogP contribution in [-0.2, 0) is 24.2 Å². The summed E-state index contributed by atoms with van der Waals surface area (Å²) in [5.74, 6) is -1.88. The van der Waals surface area contributed by atoms with E-state index in [0.29, 0.717) is 10.2 Å². The van der Waals surface area contributed by atoms with E-state index in [-0.39, 0.29) is 23.4 Å². The van der Waals surface area contributed by atoms with Gasteiger partial charge in [-0.3, -0.25) is 14.2 Å². The predicted octanol–water partition coefficient (Wildman–Crippen LogP) is 1.34. The number of anilines is 1. The fourth-order valence-electron chi connectivity index (χ4n) is 3.41. The third kappa shape index (κ3) is 3.23. The average molecular weight is 382 g/mol. The minimum atomic E-state index is -1.38. The summed E-state index contributed by atoms with van der Waals surface area (Å²) >= 11 is 1.55. The number of carboxylic acids is 1. The number of hydrogen-bond donors (Lipinski definition) is 1. The molecule has 1 aliphatic carbocycles. The van der Waals surface area contributed by atoms with Crippen LogP contribution in [-0.4, -0.2) is 21.4 Å². The maximum Gasteiger partial charge on any atom is 0.262 e. The van der Waals surface area contributed by atoms with Crippen LogP contribution >= 0.6 is 11.3 Å². The fraction of sp³-hybridized carbons (Fsp3) is 0.263. The molecular weight excluding hydrogens is 366 g/mol. The number of benzene rings is 1. The highest BCUT2D eigenvalue weighted by Crippen LogP contribution is 2.33. The number of aryl methyl sites for hydroxylation is 2. The van der Waals surface area contributed by atoms with Gasteiger partial charge in [0.2, 0.25) is 5.91 Å². The molecule has 7 nitrogen and oxygen atoms in total. The van der Waals surface area contributed by atoms with Gasteiger partial charge in [0, 0.05) is 16.1 Å². The van der Waals surface area contributed by atoms with Crippen molar-refractivity contribution in [2.45, 2.75) is 32.2 Å². The maximum atomic E-state index is 12.9. The summed E-state index contributed by atoms with van der Waals surface area (Å²) in [4.78, 5) is 42.7. The van der Waals surface area contributed by atoms with Crippen LogP contribution in [0.25, 0.3) is 10.2 Å². The molecule has 138 valence electrons. The van der Waals surface area contributed by atoms with Crippen LogP contribution in [0.4, 0.5) is 5.69 Å². The molecule has 1 N–H and O–H groups in total. The van der Waals surface area contributed by atoms with Gasteiger partial charge in [0.05, 0.1) is 17.7 Å². The zero-order valence-corrected chi connectivity index (χ0v) is 15.2. The van der Waals surface area contributed by atoms with Crippen molar-refractivity contribution < 1.29 is 14.7 Å². The lowest BCUT2D eigenvalue weighted by molar-refractivity contribution is -0.254. The smallest absolute Gasteiger partial charge is 0.262 e. The van der Waals surface area contributed by atoms with Crippen LogP contribution in [0.5, 0.6) is 0 Å². The molecule has 3 aromatic rings. The van der Waals surface area contributed by atoms with Crippen LogP contribution < -0.4 is 16.0 Å². The van der Waals surface area contributed by atoms with Crippen LogP contribution in [0.3, 0.4) is 0 Å². The average Bonchev–Trinajstić information content (AvgIpc) is 3.03. The van der Waals surface area contributed by atoms with E-state index in [2.05, 4.69) is 10.3 Å². The number of nitrogens with zero attached hydrogens (tertiary/aromatic N) is 2. The number of amides is 1. The molecule has 1 amide bonds. The molecule has 0 saturated carbocycles. The Balaban J connectivity index is 1.62. The van der Waals surface area contributed by atoms with Gasteiger partial charge in [0.1, 0.15) is 11.4 Å². The Hall–Kier alpha value is -3.00. The number of carboxylic acid groups (broad SMARTS) is 1. The summed E-state index contributed by atoms with van der Waals surface area (Å²) in [6.07, 6.45) is 5.37. The van der Waals surface area contributed by atoms with Gasteiger partial charge in [-0.1, -0.05) is 18.2 Å². The van der Waals surface area contributed by atoms with Crippen LogP contribution in [0, 0.1) is 0 Å². The van der Waals surface area contributed by atoms with E-state index in [1.165, 1.54) is 27.9 Å². The quantitative estimate of drug-likeness (QED) is 0.733. The number of fused-ring (bicyclic) bond motifs is 3. The Kier molecular flexibility index (Phi) is 4.49. The van der Waals surface area contributed by atoms with Crippen molar-refractivity contribution in [3.05, 3.63) is 57.0 Å². The van der Waals surface area contributed by atoms with E-state index in [1.54, 1.807) is 23.5 Å².